The predicted molar refractivity (Wildman–Crippen MR) is 72.6 cm³/mol. The molecule has 0 spiro atoms. The standard InChI is InChI=1S/C13H9F2NO5S/c1-22(19,20)13-6-10(16(17)18)5-12(7-13)21-11-3-8(14)2-9(15)4-11/h2-7H,1H3. The molecule has 0 aliphatic heterocycles. The number of rotatable bonds is 4. The van der Waals surface area contributed by atoms with E-state index in [0.717, 1.165) is 36.6 Å². The zero-order valence-corrected chi connectivity index (χ0v) is 11.9. The van der Waals surface area contributed by atoms with Gasteiger partial charge in [0.1, 0.15) is 23.1 Å². The Balaban J connectivity index is 2.50. The minimum absolute atomic E-state index is 0.223. The van der Waals surface area contributed by atoms with Crippen LogP contribution in [0.25, 0.3) is 0 Å². The molecule has 0 N–H and O–H groups in total. The van der Waals surface area contributed by atoms with Crippen molar-refractivity contribution in [3.05, 3.63) is 58.1 Å². The smallest absolute Gasteiger partial charge is 0.274 e. The van der Waals surface area contributed by atoms with Crippen molar-refractivity contribution in [2.45, 2.75) is 4.90 Å². The van der Waals surface area contributed by atoms with Gasteiger partial charge in [-0.3, -0.25) is 10.1 Å². The van der Waals surface area contributed by atoms with Gasteiger partial charge in [0.15, 0.2) is 9.84 Å². The molecule has 0 bridgehead atoms. The highest BCUT2D eigenvalue weighted by Gasteiger charge is 2.17. The number of hydrogen-bond donors (Lipinski definition) is 0. The number of benzene rings is 2. The van der Waals surface area contributed by atoms with Crippen molar-refractivity contribution < 1.29 is 26.9 Å². The van der Waals surface area contributed by atoms with E-state index in [1.807, 2.05) is 0 Å². The maximum Gasteiger partial charge on any atom is 0.274 e. The molecule has 0 aliphatic rings. The van der Waals surface area contributed by atoms with Crippen LogP contribution >= 0.6 is 0 Å². The van der Waals surface area contributed by atoms with Gasteiger partial charge in [0.2, 0.25) is 0 Å². The Labute approximate surface area is 124 Å². The lowest BCUT2D eigenvalue weighted by Crippen LogP contribution is -2.00. The van der Waals surface area contributed by atoms with E-state index in [2.05, 4.69) is 0 Å². The van der Waals surface area contributed by atoms with Gasteiger partial charge in [-0.15, -0.1) is 0 Å². The highest BCUT2D eigenvalue weighted by Crippen LogP contribution is 2.30. The van der Waals surface area contributed by atoms with Crippen molar-refractivity contribution in [1.29, 1.82) is 0 Å². The third kappa shape index (κ3) is 3.76. The van der Waals surface area contributed by atoms with Gasteiger partial charge in [-0.2, -0.15) is 0 Å². The summed E-state index contributed by atoms with van der Waals surface area (Å²) < 4.78 is 54.3. The quantitative estimate of drug-likeness (QED) is 0.635. The molecule has 0 fully saturated rings. The number of sulfone groups is 1. The summed E-state index contributed by atoms with van der Waals surface area (Å²) in [6.07, 6.45) is 0.873. The summed E-state index contributed by atoms with van der Waals surface area (Å²) in [6.45, 7) is 0. The molecule has 0 unspecified atom stereocenters. The molecule has 0 atom stereocenters. The lowest BCUT2D eigenvalue weighted by molar-refractivity contribution is -0.385. The van der Waals surface area contributed by atoms with Gasteiger partial charge in [-0.1, -0.05) is 0 Å². The van der Waals surface area contributed by atoms with Crippen LogP contribution in [0.2, 0.25) is 0 Å². The zero-order valence-electron chi connectivity index (χ0n) is 11.1. The van der Waals surface area contributed by atoms with Crippen LogP contribution in [-0.2, 0) is 9.84 Å². The van der Waals surface area contributed by atoms with E-state index in [-0.39, 0.29) is 16.4 Å². The molecule has 2 aromatic rings. The number of nitro benzene ring substituents is 1. The van der Waals surface area contributed by atoms with E-state index in [1.165, 1.54) is 0 Å². The maximum absolute atomic E-state index is 13.1. The molecule has 0 heterocycles. The molecule has 116 valence electrons. The van der Waals surface area contributed by atoms with Gasteiger partial charge < -0.3 is 4.74 Å². The average molecular weight is 329 g/mol. The Morgan fingerprint density at radius 3 is 2.05 bits per heavy atom. The number of non-ortho nitro benzene ring substituents is 1. The Kier molecular flexibility index (Phi) is 4.09. The monoisotopic (exact) mass is 329 g/mol. The Hall–Kier alpha value is -2.55. The van der Waals surface area contributed by atoms with Crippen molar-refractivity contribution in [3.63, 3.8) is 0 Å². The summed E-state index contributed by atoms with van der Waals surface area (Å²) in [6, 6.07) is 5.21. The molecule has 0 radical (unpaired) electrons. The molecule has 0 aliphatic carbocycles. The summed E-state index contributed by atoms with van der Waals surface area (Å²) >= 11 is 0. The molecule has 2 aromatic carbocycles. The number of hydrogen-bond acceptors (Lipinski definition) is 5. The number of nitro groups is 1. The van der Waals surface area contributed by atoms with Crippen molar-refractivity contribution in [2.75, 3.05) is 6.26 Å². The lowest BCUT2D eigenvalue weighted by Gasteiger charge is -2.08. The van der Waals surface area contributed by atoms with Crippen LogP contribution in [0.3, 0.4) is 0 Å². The minimum atomic E-state index is -3.72. The van der Waals surface area contributed by atoms with Gasteiger partial charge in [0.25, 0.3) is 5.69 Å². The van der Waals surface area contributed by atoms with Gasteiger partial charge in [0, 0.05) is 30.5 Å². The van der Waals surface area contributed by atoms with Crippen LogP contribution in [0.15, 0.2) is 41.3 Å². The predicted octanol–water partition coefficient (Wildman–Crippen LogP) is 3.07. The first-order chi connectivity index (χ1) is 10.1. The Bertz CT molecular complexity index is 831. The topological polar surface area (TPSA) is 86.5 Å². The first-order valence-corrected chi connectivity index (χ1v) is 7.68. The molecular weight excluding hydrogens is 320 g/mol. The SMILES string of the molecule is CS(=O)(=O)c1cc(Oc2cc(F)cc(F)c2)cc([N+](=O)[O-])c1. The average Bonchev–Trinajstić information content (AvgIpc) is 2.35. The van der Waals surface area contributed by atoms with Crippen molar-refractivity contribution >= 4 is 15.5 Å². The normalized spacial score (nSPS) is 11.2. The van der Waals surface area contributed by atoms with E-state index in [9.17, 15) is 27.3 Å². The molecule has 0 aromatic heterocycles. The van der Waals surface area contributed by atoms with E-state index in [0.29, 0.717) is 6.07 Å². The summed E-state index contributed by atoms with van der Waals surface area (Å²) in [7, 11) is -3.72. The van der Waals surface area contributed by atoms with Crippen LogP contribution < -0.4 is 4.74 Å². The summed E-state index contributed by atoms with van der Waals surface area (Å²) in [5, 5.41) is 10.8. The van der Waals surface area contributed by atoms with E-state index in [1.54, 1.807) is 0 Å². The second-order valence-electron chi connectivity index (χ2n) is 4.40. The third-order valence-corrected chi connectivity index (χ3v) is 3.67. The Morgan fingerprint density at radius 1 is 1.00 bits per heavy atom. The maximum atomic E-state index is 13.1. The first-order valence-electron chi connectivity index (χ1n) is 5.78. The van der Waals surface area contributed by atoms with E-state index in [4.69, 9.17) is 4.74 Å². The molecule has 6 nitrogen and oxygen atoms in total. The van der Waals surface area contributed by atoms with Crippen LogP contribution in [0.4, 0.5) is 14.5 Å². The van der Waals surface area contributed by atoms with Gasteiger partial charge in [-0.05, 0) is 6.07 Å². The van der Waals surface area contributed by atoms with E-state index < -0.39 is 32.1 Å². The highest BCUT2D eigenvalue weighted by molar-refractivity contribution is 7.90. The molecular formula is C13H9F2NO5S. The van der Waals surface area contributed by atoms with Crippen LogP contribution in [-0.4, -0.2) is 19.6 Å². The molecule has 0 saturated carbocycles. The number of halogens is 2. The largest absolute Gasteiger partial charge is 0.457 e. The van der Waals surface area contributed by atoms with Gasteiger partial charge >= 0.3 is 0 Å². The fourth-order valence-corrected chi connectivity index (χ4v) is 2.32. The van der Waals surface area contributed by atoms with Crippen molar-refractivity contribution in [3.8, 4) is 11.5 Å². The van der Waals surface area contributed by atoms with Crippen LogP contribution in [0.5, 0.6) is 11.5 Å². The van der Waals surface area contributed by atoms with Gasteiger partial charge in [0.05, 0.1) is 15.9 Å². The molecule has 2 rings (SSSR count). The minimum Gasteiger partial charge on any atom is -0.457 e. The second kappa shape index (κ2) is 5.68. The number of nitrogens with zero attached hydrogens (tertiary/aromatic N) is 1. The lowest BCUT2D eigenvalue weighted by atomic mass is 10.3. The van der Waals surface area contributed by atoms with Crippen LogP contribution in [0, 0.1) is 21.7 Å². The van der Waals surface area contributed by atoms with Crippen molar-refractivity contribution in [2.24, 2.45) is 0 Å². The molecule has 22 heavy (non-hydrogen) atoms. The highest BCUT2D eigenvalue weighted by atomic mass is 32.2. The van der Waals surface area contributed by atoms with E-state index >= 15 is 0 Å². The molecule has 9 heteroatoms. The summed E-state index contributed by atoms with van der Waals surface area (Å²) in [4.78, 5) is 9.69. The summed E-state index contributed by atoms with van der Waals surface area (Å²) in [5.74, 6) is -2.27. The third-order valence-electron chi connectivity index (χ3n) is 2.58. The fraction of sp³-hybridized carbons (Fsp3) is 0.0769. The van der Waals surface area contributed by atoms with Crippen molar-refractivity contribution in [1.82, 2.24) is 0 Å². The van der Waals surface area contributed by atoms with Gasteiger partial charge in [-0.25, -0.2) is 17.2 Å². The number of ether oxygens (including phenoxy) is 1. The second-order valence-corrected chi connectivity index (χ2v) is 6.41. The molecule has 0 saturated heterocycles. The summed E-state index contributed by atoms with van der Waals surface area (Å²) in [5.41, 5.74) is -0.519. The first kappa shape index (κ1) is 15.8. The molecule has 0 amide bonds. The Morgan fingerprint density at radius 2 is 1.55 bits per heavy atom. The zero-order chi connectivity index (χ0) is 16.5. The van der Waals surface area contributed by atoms with Crippen LogP contribution in [0.1, 0.15) is 0 Å². The fourth-order valence-electron chi connectivity index (χ4n) is 1.66.